The van der Waals surface area contributed by atoms with Crippen molar-refractivity contribution in [1.29, 1.82) is 0 Å². The van der Waals surface area contributed by atoms with E-state index in [-0.39, 0.29) is 12.3 Å². The number of benzene rings is 1. The summed E-state index contributed by atoms with van der Waals surface area (Å²) in [5.74, 6) is -0.300. The number of halogens is 2. The lowest BCUT2D eigenvalue weighted by Crippen LogP contribution is -2.11. The molecule has 0 saturated heterocycles. The summed E-state index contributed by atoms with van der Waals surface area (Å²) in [6.45, 7) is 0. The van der Waals surface area contributed by atoms with Crippen LogP contribution in [0.25, 0.3) is 0 Å². The smallest absolute Gasteiger partial charge is 0.229 e. The third-order valence-corrected chi connectivity index (χ3v) is 2.30. The minimum Gasteiger partial charge on any atom is -0.411 e. The number of hydrogen-bond donors (Lipinski definition) is 2. The van der Waals surface area contributed by atoms with Crippen molar-refractivity contribution in [2.45, 2.75) is 6.42 Å². The summed E-state index contributed by atoms with van der Waals surface area (Å²) in [5.41, 5.74) is 0.542. The van der Waals surface area contributed by atoms with Gasteiger partial charge in [0.2, 0.25) is 5.91 Å². The molecule has 4 nitrogen and oxygen atoms in total. The van der Waals surface area contributed by atoms with Crippen molar-refractivity contribution in [3.05, 3.63) is 28.2 Å². The van der Waals surface area contributed by atoms with Gasteiger partial charge in [0.15, 0.2) is 0 Å². The molecule has 0 unspecified atom stereocenters. The number of nitrogens with one attached hydrogen (secondary N) is 1. The fraction of sp³-hybridized carbons (Fsp3) is 0.111. The lowest BCUT2D eigenvalue weighted by Gasteiger charge is -2.04. The van der Waals surface area contributed by atoms with E-state index in [4.69, 9.17) is 28.4 Å². The summed E-state index contributed by atoms with van der Waals surface area (Å²) in [7, 11) is 0. The van der Waals surface area contributed by atoms with Gasteiger partial charge in [0.25, 0.3) is 0 Å². The van der Waals surface area contributed by atoms with Crippen molar-refractivity contribution in [3.8, 4) is 0 Å². The van der Waals surface area contributed by atoms with Crippen LogP contribution in [-0.2, 0) is 4.79 Å². The Kier molecular flexibility index (Phi) is 4.39. The van der Waals surface area contributed by atoms with Gasteiger partial charge in [-0.1, -0.05) is 23.2 Å². The Bertz CT molecular complexity index is 394. The van der Waals surface area contributed by atoms with Crippen LogP contribution in [0.4, 0.5) is 5.69 Å². The van der Waals surface area contributed by atoms with Crippen LogP contribution in [0.2, 0.25) is 10.0 Å². The van der Waals surface area contributed by atoms with Crippen molar-refractivity contribution in [3.63, 3.8) is 0 Å². The number of amides is 1. The number of carbonyl (C=O) groups is 1. The molecule has 1 amide bonds. The Morgan fingerprint density at radius 3 is 2.80 bits per heavy atom. The van der Waals surface area contributed by atoms with Crippen LogP contribution in [0.1, 0.15) is 6.42 Å². The zero-order chi connectivity index (χ0) is 11.3. The Hall–Kier alpha value is -1.26. The van der Waals surface area contributed by atoms with Crippen molar-refractivity contribution in [2.24, 2.45) is 5.16 Å². The van der Waals surface area contributed by atoms with Gasteiger partial charge < -0.3 is 10.5 Å². The maximum absolute atomic E-state index is 11.2. The Morgan fingerprint density at radius 2 is 2.20 bits per heavy atom. The molecule has 0 aliphatic rings. The Labute approximate surface area is 96.5 Å². The highest BCUT2D eigenvalue weighted by Gasteiger charge is 2.03. The fourth-order valence-electron chi connectivity index (χ4n) is 0.910. The van der Waals surface area contributed by atoms with E-state index >= 15 is 0 Å². The molecule has 1 aromatic carbocycles. The van der Waals surface area contributed by atoms with Crippen molar-refractivity contribution in [1.82, 2.24) is 0 Å². The summed E-state index contributed by atoms with van der Waals surface area (Å²) in [6, 6.07) is 4.75. The topological polar surface area (TPSA) is 61.7 Å². The normalized spacial score (nSPS) is 10.5. The lowest BCUT2D eigenvalue weighted by atomic mass is 10.3. The molecule has 0 fully saturated rings. The van der Waals surface area contributed by atoms with E-state index in [1.165, 1.54) is 6.07 Å². The predicted molar refractivity (Wildman–Crippen MR) is 60.0 cm³/mol. The average Bonchev–Trinajstić information content (AvgIpc) is 2.20. The first-order valence-corrected chi connectivity index (χ1v) is 4.80. The Morgan fingerprint density at radius 1 is 1.47 bits per heavy atom. The highest BCUT2D eigenvalue weighted by atomic mass is 35.5. The van der Waals surface area contributed by atoms with Crippen LogP contribution < -0.4 is 5.32 Å². The van der Waals surface area contributed by atoms with Crippen LogP contribution in [0, 0.1) is 0 Å². The van der Waals surface area contributed by atoms with Gasteiger partial charge in [-0.15, -0.1) is 5.16 Å². The summed E-state index contributed by atoms with van der Waals surface area (Å²) in [6.07, 6.45) is 1.09. The zero-order valence-corrected chi connectivity index (χ0v) is 9.09. The highest BCUT2D eigenvalue weighted by molar-refractivity contribution is 6.42. The molecule has 2 N–H and O–H groups in total. The molecule has 0 spiro atoms. The molecule has 0 saturated carbocycles. The SMILES string of the molecule is O=C(C/C=N\O)Nc1ccc(Cl)c(Cl)c1. The second-order valence-corrected chi connectivity index (χ2v) is 3.49. The van der Waals surface area contributed by atoms with E-state index in [1.807, 2.05) is 0 Å². The number of rotatable bonds is 3. The molecule has 0 bridgehead atoms. The molecule has 0 aliphatic carbocycles. The van der Waals surface area contributed by atoms with Crippen molar-refractivity contribution in [2.75, 3.05) is 5.32 Å². The second-order valence-electron chi connectivity index (χ2n) is 2.68. The van der Waals surface area contributed by atoms with Gasteiger partial charge in [-0.3, -0.25) is 4.79 Å². The van der Waals surface area contributed by atoms with E-state index in [0.717, 1.165) is 6.21 Å². The van der Waals surface area contributed by atoms with Crippen molar-refractivity contribution >= 4 is 41.0 Å². The molecule has 0 atom stereocenters. The molecule has 0 aromatic heterocycles. The lowest BCUT2D eigenvalue weighted by molar-refractivity contribution is -0.115. The first kappa shape index (κ1) is 11.8. The Balaban J connectivity index is 2.65. The zero-order valence-electron chi connectivity index (χ0n) is 7.58. The third-order valence-electron chi connectivity index (χ3n) is 1.56. The summed E-state index contributed by atoms with van der Waals surface area (Å²) in [5, 5.41) is 14.2. The number of nitrogens with zero attached hydrogens (tertiary/aromatic N) is 1. The highest BCUT2D eigenvalue weighted by Crippen LogP contribution is 2.24. The molecule has 15 heavy (non-hydrogen) atoms. The average molecular weight is 247 g/mol. The number of hydrogen-bond acceptors (Lipinski definition) is 3. The quantitative estimate of drug-likeness (QED) is 0.490. The van der Waals surface area contributed by atoms with Crippen LogP contribution in [0.3, 0.4) is 0 Å². The molecule has 80 valence electrons. The summed E-state index contributed by atoms with van der Waals surface area (Å²) < 4.78 is 0. The van der Waals surface area contributed by atoms with Crippen LogP contribution in [-0.4, -0.2) is 17.3 Å². The molecule has 0 aliphatic heterocycles. The molecule has 1 rings (SSSR count). The third kappa shape index (κ3) is 3.77. The number of carbonyl (C=O) groups excluding carboxylic acids is 1. The van der Waals surface area contributed by atoms with Gasteiger partial charge >= 0.3 is 0 Å². The van der Waals surface area contributed by atoms with Gasteiger partial charge in [-0.2, -0.15) is 0 Å². The van der Waals surface area contributed by atoms with Gasteiger partial charge in [-0.25, -0.2) is 0 Å². The van der Waals surface area contributed by atoms with E-state index < -0.39 is 0 Å². The summed E-state index contributed by atoms with van der Waals surface area (Å²) in [4.78, 5) is 11.2. The number of anilines is 1. The van der Waals surface area contributed by atoms with Gasteiger partial charge in [0.1, 0.15) is 0 Å². The van der Waals surface area contributed by atoms with Crippen LogP contribution in [0.5, 0.6) is 0 Å². The van der Waals surface area contributed by atoms with Gasteiger partial charge in [0.05, 0.1) is 22.7 Å². The van der Waals surface area contributed by atoms with E-state index in [0.29, 0.717) is 15.7 Å². The van der Waals surface area contributed by atoms with E-state index in [1.54, 1.807) is 12.1 Å². The number of oxime groups is 1. The van der Waals surface area contributed by atoms with Crippen LogP contribution in [0.15, 0.2) is 23.4 Å². The predicted octanol–water partition coefficient (Wildman–Crippen LogP) is 2.78. The standard InChI is InChI=1S/C9H8Cl2N2O2/c10-7-2-1-6(5-8(7)11)13-9(14)3-4-12-15/h1-2,4-5,15H,3H2,(H,13,14)/b12-4-. The second kappa shape index (κ2) is 5.58. The van der Waals surface area contributed by atoms with Crippen LogP contribution >= 0.6 is 23.2 Å². The first-order chi connectivity index (χ1) is 7.13. The minimum atomic E-state index is -0.300. The van der Waals surface area contributed by atoms with Crippen molar-refractivity contribution < 1.29 is 10.0 Å². The fourth-order valence-corrected chi connectivity index (χ4v) is 1.21. The molecule has 6 heteroatoms. The molecule has 0 heterocycles. The maximum atomic E-state index is 11.2. The first-order valence-electron chi connectivity index (χ1n) is 4.04. The van der Waals surface area contributed by atoms with Gasteiger partial charge in [-0.05, 0) is 18.2 Å². The molecule has 1 aromatic rings. The van der Waals surface area contributed by atoms with E-state index in [2.05, 4.69) is 10.5 Å². The summed E-state index contributed by atoms with van der Waals surface area (Å²) >= 11 is 11.5. The monoisotopic (exact) mass is 246 g/mol. The van der Waals surface area contributed by atoms with Gasteiger partial charge in [0, 0.05) is 5.69 Å². The maximum Gasteiger partial charge on any atom is 0.229 e. The molecule has 0 radical (unpaired) electrons. The molecular formula is C9H8Cl2N2O2. The molecular weight excluding hydrogens is 239 g/mol. The van der Waals surface area contributed by atoms with E-state index in [9.17, 15) is 4.79 Å². The largest absolute Gasteiger partial charge is 0.411 e. The minimum absolute atomic E-state index is 0.00323.